The van der Waals surface area contributed by atoms with Gasteiger partial charge in [0.25, 0.3) is 5.91 Å². The highest BCUT2D eigenvalue weighted by atomic mass is 31.2. The minimum Gasteiger partial charge on any atom is -0.469 e. The molecule has 1 aliphatic heterocycles. The van der Waals surface area contributed by atoms with Crippen LogP contribution < -0.4 is 16.0 Å². The number of phosphoric ester groups is 1. The van der Waals surface area contributed by atoms with Gasteiger partial charge in [0.15, 0.2) is 0 Å². The van der Waals surface area contributed by atoms with E-state index < -0.39 is 31.5 Å². The Bertz CT molecular complexity index is 1650. The summed E-state index contributed by atoms with van der Waals surface area (Å²) in [6.07, 6.45) is 5.29. The van der Waals surface area contributed by atoms with Crippen molar-refractivity contribution < 1.29 is 47.2 Å². The molecule has 2 aromatic heterocycles. The van der Waals surface area contributed by atoms with Gasteiger partial charge in [-0.2, -0.15) is 0 Å². The van der Waals surface area contributed by atoms with E-state index in [1.54, 1.807) is 18.2 Å². The minimum atomic E-state index is -4.62. The number of phosphoric acid groups is 1. The van der Waals surface area contributed by atoms with E-state index in [0.29, 0.717) is 54.0 Å². The Hall–Kier alpha value is -4.07. The van der Waals surface area contributed by atoms with Gasteiger partial charge < -0.3 is 40.2 Å². The van der Waals surface area contributed by atoms with Crippen LogP contribution in [-0.2, 0) is 36.3 Å². The molecule has 0 bridgehead atoms. The van der Waals surface area contributed by atoms with Gasteiger partial charge in [0.1, 0.15) is 17.6 Å². The van der Waals surface area contributed by atoms with Crippen LogP contribution in [0.3, 0.4) is 0 Å². The van der Waals surface area contributed by atoms with Crippen LogP contribution in [0, 0.1) is 25.6 Å². The van der Waals surface area contributed by atoms with Crippen LogP contribution in [0.4, 0.5) is 10.1 Å². The summed E-state index contributed by atoms with van der Waals surface area (Å²) >= 11 is 0. The monoisotopic (exact) mass is 674 g/mol. The predicted molar refractivity (Wildman–Crippen MR) is 171 cm³/mol. The number of benzene rings is 1. The second kappa shape index (κ2) is 16.2. The molecular formula is C32H40FN4O9P. The standard InChI is InChI=1S/C32H40FN4O9P/c1-19-24(20(2)35-28(19)16-26-25-14-22(33)8-10-27(25)37-31(26)40)9-11-30(39)36-29(15-23-7-5-13-45-23)32(41)34-12-4-3-6-21(17-38)18-46-47(42,43)44/h5,7-8,10,13-14,16,21,29,35,38H,3-4,6,9,11-12,15,17-18H2,1-2H3,(H,34,41)(H,36,39)(H,37,40)(H2,42,43,44)/b26-16-. The second-order valence-corrected chi connectivity index (χ2v) is 12.7. The molecule has 0 fully saturated rings. The van der Waals surface area contributed by atoms with Crippen molar-refractivity contribution in [3.63, 3.8) is 0 Å². The summed E-state index contributed by atoms with van der Waals surface area (Å²) in [6.45, 7) is 3.46. The molecule has 254 valence electrons. The molecule has 1 aromatic carbocycles. The number of furan rings is 1. The summed E-state index contributed by atoms with van der Waals surface area (Å²) in [5.74, 6) is -1.45. The van der Waals surface area contributed by atoms with Crippen molar-refractivity contribution in [3.05, 3.63) is 76.3 Å². The Morgan fingerprint density at radius 2 is 1.98 bits per heavy atom. The average Bonchev–Trinajstić information content (AvgIpc) is 3.70. The molecule has 7 N–H and O–H groups in total. The van der Waals surface area contributed by atoms with Gasteiger partial charge in [-0.05, 0) is 80.6 Å². The van der Waals surface area contributed by atoms with Gasteiger partial charge in [0.05, 0.1) is 18.4 Å². The molecule has 15 heteroatoms. The number of aromatic amines is 1. The van der Waals surface area contributed by atoms with Crippen molar-refractivity contribution in [1.29, 1.82) is 0 Å². The molecule has 3 aromatic rings. The lowest BCUT2D eigenvalue weighted by molar-refractivity contribution is -0.129. The topological polar surface area (TPSA) is 203 Å². The lowest BCUT2D eigenvalue weighted by Gasteiger charge is -2.18. The first kappa shape index (κ1) is 35.8. The summed E-state index contributed by atoms with van der Waals surface area (Å²) in [4.78, 5) is 59.7. The Labute approximate surface area is 271 Å². The average molecular weight is 675 g/mol. The molecule has 0 spiro atoms. The second-order valence-electron chi connectivity index (χ2n) is 11.5. The predicted octanol–water partition coefficient (Wildman–Crippen LogP) is 3.52. The number of H-pyrrole nitrogens is 1. The first-order valence-corrected chi connectivity index (χ1v) is 16.8. The fourth-order valence-corrected chi connectivity index (χ4v) is 5.85. The number of fused-ring (bicyclic) bond motifs is 1. The van der Waals surface area contributed by atoms with Crippen LogP contribution in [0.1, 0.15) is 59.5 Å². The first-order chi connectivity index (χ1) is 22.3. The van der Waals surface area contributed by atoms with Crippen molar-refractivity contribution in [2.75, 3.05) is 25.1 Å². The maximum atomic E-state index is 13.9. The number of amides is 3. The molecule has 1 aliphatic rings. The Kier molecular flexibility index (Phi) is 12.3. The Balaban J connectivity index is 1.32. The lowest BCUT2D eigenvalue weighted by atomic mass is 10.0. The van der Waals surface area contributed by atoms with Gasteiger partial charge in [-0.25, -0.2) is 8.96 Å². The SMILES string of the molecule is Cc1[nH]c(/C=C2\C(=O)Nc3ccc(F)cc32)c(C)c1CCC(=O)NC(Cc1ccco1)C(=O)NCCCCC(CO)COP(=O)(O)O. The zero-order chi connectivity index (χ0) is 34.1. The molecule has 4 rings (SSSR count). The van der Waals surface area contributed by atoms with Crippen molar-refractivity contribution in [2.45, 2.75) is 58.4 Å². The fraction of sp³-hybridized carbons (Fsp3) is 0.406. The van der Waals surface area contributed by atoms with Crippen molar-refractivity contribution >= 4 is 42.9 Å². The number of aromatic nitrogens is 1. The highest BCUT2D eigenvalue weighted by Gasteiger charge is 2.26. The summed E-state index contributed by atoms with van der Waals surface area (Å²) in [5, 5.41) is 17.8. The van der Waals surface area contributed by atoms with Crippen molar-refractivity contribution in [2.24, 2.45) is 5.92 Å². The van der Waals surface area contributed by atoms with E-state index in [-0.39, 0.29) is 44.4 Å². The maximum absolute atomic E-state index is 13.9. The normalized spacial score (nSPS) is 14.9. The third-order valence-electron chi connectivity index (χ3n) is 8.00. The highest BCUT2D eigenvalue weighted by molar-refractivity contribution is 7.46. The molecular weight excluding hydrogens is 634 g/mol. The van der Waals surface area contributed by atoms with Gasteiger partial charge in [0.2, 0.25) is 11.8 Å². The highest BCUT2D eigenvalue weighted by Crippen LogP contribution is 2.37. The number of hydrogen-bond acceptors (Lipinski definition) is 7. The Morgan fingerprint density at radius 1 is 1.19 bits per heavy atom. The van der Waals surface area contributed by atoms with Crippen LogP contribution in [0.15, 0.2) is 41.0 Å². The molecule has 3 heterocycles. The minimum absolute atomic E-state index is 0.0885. The Morgan fingerprint density at radius 3 is 2.68 bits per heavy atom. The van der Waals surface area contributed by atoms with E-state index in [0.717, 1.165) is 16.8 Å². The lowest BCUT2D eigenvalue weighted by Crippen LogP contribution is -2.48. The number of carbonyl (C=O) groups is 3. The van der Waals surface area contributed by atoms with Crippen LogP contribution in [0.2, 0.25) is 0 Å². The molecule has 13 nitrogen and oxygen atoms in total. The number of aliphatic hydroxyl groups excluding tert-OH is 1. The molecule has 2 atom stereocenters. The number of halogens is 1. The number of unbranched alkanes of at least 4 members (excludes halogenated alkanes) is 1. The number of aryl methyl sites for hydroxylation is 1. The zero-order valence-corrected chi connectivity index (χ0v) is 27.1. The van der Waals surface area contributed by atoms with E-state index in [2.05, 4.69) is 25.5 Å². The molecule has 0 saturated heterocycles. The van der Waals surface area contributed by atoms with E-state index in [9.17, 15) is 28.4 Å². The smallest absolute Gasteiger partial charge is 0.469 e. The van der Waals surface area contributed by atoms with Crippen molar-refractivity contribution in [3.8, 4) is 0 Å². The molecule has 3 amide bonds. The van der Waals surface area contributed by atoms with E-state index >= 15 is 0 Å². The summed E-state index contributed by atoms with van der Waals surface area (Å²) in [7, 11) is -4.62. The van der Waals surface area contributed by atoms with E-state index in [1.807, 2.05) is 13.8 Å². The van der Waals surface area contributed by atoms with Crippen LogP contribution in [0.5, 0.6) is 0 Å². The maximum Gasteiger partial charge on any atom is 0.469 e. The molecule has 0 saturated carbocycles. The quantitative estimate of drug-likeness (QED) is 0.0635. The molecule has 0 radical (unpaired) electrons. The number of rotatable bonds is 17. The third kappa shape index (κ3) is 10.2. The number of nitrogens with one attached hydrogen (secondary N) is 4. The van der Waals surface area contributed by atoms with E-state index in [1.165, 1.54) is 24.5 Å². The van der Waals surface area contributed by atoms with Gasteiger partial charge in [-0.3, -0.25) is 18.9 Å². The zero-order valence-electron chi connectivity index (χ0n) is 26.2. The van der Waals surface area contributed by atoms with E-state index in [4.69, 9.17) is 14.2 Å². The van der Waals surface area contributed by atoms with Crippen LogP contribution in [0.25, 0.3) is 11.6 Å². The summed E-state index contributed by atoms with van der Waals surface area (Å²) < 4.78 is 34.6. The van der Waals surface area contributed by atoms with Crippen LogP contribution >= 0.6 is 7.82 Å². The summed E-state index contributed by atoms with van der Waals surface area (Å²) in [6, 6.07) is 6.62. The van der Waals surface area contributed by atoms with Crippen molar-refractivity contribution in [1.82, 2.24) is 15.6 Å². The summed E-state index contributed by atoms with van der Waals surface area (Å²) in [5.41, 5.74) is 4.59. The molecule has 0 aliphatic carbocycles. The number of anilines is 1. The fourth-order valence-electron chi connectivity index (χ4n) is 5.45. The number of aliphatic hydroxyl groups is 1. The van der Waals surface area contributed by atoms with Gasteiger partial charge in [-0.1, -0.05) is 6.42 Å². The largest absolute Gasteiger partial charge is 0.469 e. The van der Waals surface area contributed by atoms with Gasteiger partial charge in [0, 0.05) is 54.5 Å². The van der Waals surface area contributed by atoms with Crippen LogP contribution in [-0.4, -0.2) is 63.4 Å². The van der Waals surface area contributed by atoms with Gasteiger partial charge in [-0.15, -0.1) is 0 Å². The third-order valence-corrected chi connectivity index (χ3v) is 8.48. The number of carbonyl (C=O) groups excluding carboxylic acids is 3. The first-order valence-electron chi connectivity index (χ1n) is 15.3. The molecule has 47 heavy (non-hydrogen) atoms. The molecule has 2 unspecified atom stereocenters. The van der Waals surface area contributed by atoms with Gasteiger partial charge >= 0.3 is 7.82 Å². The number of hydrogen-bond donors (Lipinski definition) is 7.